The molecule has 5 rings (SSSR count). The molecule has 0 radical (unpaired) electrons. The smallest absolute Gasteiger partial charge is 0.232 e. The van der Waals surface area contributed by atoms with Crippen molar-refractivity contribution >= 4 is 22.4 Å². The molecule has 0 spiro atoms. The number of nitriles is 2. The summed E-state index contributed by atoms with van der Waals surface area (Å²) in [5.74, 6) is 1.41. The second kappa shape index (κ2) is 9.58. The van der Waals surface area contributed by atoms with Gasteiger partial charge in [0.1, 0.15) is 5.75 Å². The quantitative estimate of drug-likeness (QED) is 0.294. The highest BCUT2D eigenvalue weighted by atomic mass is 16.5. The Balaban J connectivity index is 1.63. The maximum atomic E-state index is 9.33. The number of fused-ring (bicyclic) bond motifs is 1. The molecular formula is C30H21N5O. The number of hydrogen-bond acceptors (Lipinski definition) is 6. The highest BCUT2D eigenvalue weighted by Crippen LogP contribution is 2.38. The van der Waals surface area contributed by atoms with Crippen LogP contribution in [0.2, 0.25) is 0 Å². The van der Waals surface area contributed by atoms with Crippen LogP contribution in [0, 0.1) is 36.5 Å². The van der Waals surface area contributed by atoms with E-state index in [9.17, 15) is 5.26 Å². The Morgan fingerprint density at radius 3 is 2.19 bits per heavy atom. The fourth-order valence-electron chi connectivity index (χ4n) is 4.18. The third-order valence-electron chi connectivity index (χ3n) is 5.89. The molecule has 0 atom stereocenters. The predicted octanol–water partition coefficient (Wildman–Crippen LogP) is 7.19. The molecule has 0 saturated heterocycles. The first-order chi connectivity index (χ1) is 17.6. The summed E-state index contributed by atoms with van der Waals surface area (Å²) in [6.07, 6.45) is 1.75. The molecule has 0 bridgehead atoms. The minimum Gasteiger partial charge on any atom is -0.438 e. The molecule has 0 aliphatic carbocycles. The fraction of sp³-hybridized carbons (Fsp3) is 0.0667. The Morgan fingerprint density at radius 2 is 1.47 bits per heavy atom. The molecule has 0 saturated carbocycles. The third kappa shape index (κ3) is 4.44. The van der Waals surface area contributed by atoms with Gasteiger partial charge in [0.05, 0.1) is 28.8 Å². The van der Waals surface area contributed by atoms with Crippen molar-refractivity contribution in [2.45, 2.75) is 13.8 Å². The van der Waals surface area contributed by atoms with Crippen LogP contribution in [0.3, 0.4) is 0 Å². The van der Waals surface area contributed by atoms with E-state index >= 15 is 0 Å². The zero-order valence-corrected chi connectivity index (χ0v) is 19.8. The first-order valence-electron chi connectivity index (χ1n) is 11.4. The van der Waals surface area contributed by atoms with E-state index in [1.807, 2.05) is 38.1 Å². The van der Waals surface area contributed by atoms with Gasteiger partial charge in [-0.2, -0.15) is 15.5 Å². The van der Waals surface area contributed by atoms with Crippen molar-refractivity contribution in [3.63, 3.8) is 0 Å². The van der Waals surface area contributed by atoms with Gasteiger partial charge in [-0.15, -0.1) is 0 Å². The fourth-order valence-corrected chi connectivity index (χ4v) is 4.18. The van der Waals surface area contributed by atoms with Crippen molar-refractivity contribution in [1.29, 1.82) is 10.5 Å². The van der Waals surface area contributed by atoms with E-state index in [1.54, 1.807) is 42.6 Å². The lowest BCUT2D eigenvalue weighted by Crippen LogP contribution is -2.02. The molecule has 6 heteroatoms. The molecule has 172 valence electrons. The standard InChI is InChI=1S/C30H21N5O/c1-19-14-22(17-32)15-20(2)28(19)36-29-27(26-9-5-7-23-6-3-4-8-25(23)26)18-33-30(35-29)34-24-12-10-21(16-31)11-13-24/h3-15,18H,1-2H3,(H,33,34,35). The number of hydrogen-bond donors (Lipinski definition) is 1. The van der Waals surface area contributed by atoms with Crippen LogP contribution in [0.1, 0.15) is 22.3 Å². The summed E-state index contributed by atoms with van der Waals surface area (Å²) in [5.41, 5.74) is 5.30. The van der Waals surface area contributed by atoms with E-state index in [4.69, 9.17) is 15.0 Å². The van der Waals surface area contributed by atoms with Crippen LogP contribution in [-0.2, 0) is 0 Å². The van der Waals surface area contributed by atoms with Gasteiger partial charge in [-0.3, -0.25) is 0 Å². The molecule has 5 aromatic rings. The lowest BCUT2D eigenvalue weighted by Gasteiger charge is -2.16. The van der Waals surface area contributed by atoms with E-state index in [-0.39, 0.29) is 0 Å². The van der Waals surface area contributed by atoms with Crippen molar-refractivity contribution in [3.05, 3.63) is 107 Å². The molecule has 0 fully saturated rings. The molecule has 1 N–H and O–H groups in total. The highest BCUT2D eigenvalue weighted by molar-refractivity contribution is 5.97. The number of anilines is 2. The first kappa shape index (κ1) is 22.6. The van der Waals surface area contributed by atoms with E-state index in [0.717, 1.165) is 38.7 Å². The minimum atomic E-state index is 0.364. The monoisotopic (exact) mass is 467 g/mol. The maximum Gasteiger partial charge on any atom is 0.232 e. The van der Waals surface area contributed by atoms with Crippen LogP contribution in [0.25, 0.3) is 21.9 Å². The third-order valence-corrected chi connectivity index (χ3v) is 5.89. The minimum absolute atomic E-state index is 0.364. The van der Waals surface area contributed by atoms with Crippen LogP contribution in [0.4, 0.5) is 11.6 Å². The van der Waals surface area contributed by atoms with Crippen LogP contribution in [-0.4, -0.2) is 9.97 Å². The van der Waals surface area contributed by atoms with E-state index in [0.29, 0.717) is 28.7 Å². The number of aromatic nitrogens is 2. The normalized spacial score (nSPS) is 10.4. The number of ether oxygens (including phenoxy) is 1. The summed E-state index contributed by atoms with van der Waals surface area (Å²) >= 11 is 0. The Hall–Kier alpha value is -5.20. The molecule has 0 amide bonds. The van der Waals surface area contributed by atoms with E-state index in [1.165, 1.54) is 0 Å². The molecule has 0 unspecified atom stereocenters. The molecule has 1 aromatic heterocycles. The Bertz CT molecular complexity index is 1650. The lowest BCUT2D eigenvalue weighted by molar-refractivity contribution is 0.457. The Kier molecular flexibility index (Phi) is 6.01. The zero-order chi connectivity index (χ0) is 25.1. The van der Waals surface area contributed by atoms with Crippen molar-refractivity contribution < 1.29 is 4.74 Å². The van der Waals surface area contributed by atoms with Crippen molar-refractivity contribution in [2.24, 2.45) is 0 Å². The molecule has 1 heterocycles. The van der Waals surface area contributed by atoms with Crippen LogP contribution in [0.15, 0.2) is 85.1 Å². The number of aryl methyl sites for hydroxylation is 2. The maximum absolute atomic E-state index is 9.33. The average Bonchev–Trinajstić information content (AvgIpc) is 2.91. The summed E-state index contributed by atoms with van der Waals surface area (Å²) in [4.78, 5) is 9.30. The van der Waals surface area contributed by atoms with Gasteiger partial charge >= 0.3 is 0 Å². The van der Waals surface area contributed by atoms with Crippen LogP contribution >= 0.6 is 0 Å². The summed E-state index contributed by atoms with van der Waals surface area (Å²) in [7, 11) is 0. The second-order valence-corrected chi connectivity index (χ2v) is 8.41. The van der Waals surface area contributed by atoms with Gasteiger partial charge in [0.25, 0.3) is 0 Å². The van der Waals surface area contributed by atoms with Crippen molar-refractivity contribution in [3.8, 4) is 34.9 Å². The van der Waals surface area contributed by atoms with Gasteiger partial charge in [0.2, 0.25) is 11.8 Å². The Labute approximate surface area is 209 Å². The summed E-state index contributed by atoms with van der Waals surface area (Å²) < 4.78 is 6.45. The summed E-state index contributed by atoms with van der Waals surface area (Å²) in [5, 5.41) is 23.7. The topological polar surface area (TPSA) is 94.6 Å². The molecule has 0 aliphatic heterocycles. The number of nitrogens with one attached hydrogen (secondary N) is 1. The molecule has 6 nitrogen and oxygen atoms in total. The SMILES string of the molecule is Cc1cc(C#N)cc(C)c1Oc1nc(Nc2ccc(C#N)cc2)ncc1-c1cccc2ccccc12. The predicted molar refractivity (Wildman–Crippen MR) is 140 cm³/mol. The number of nitrogens with zero attached hydrogens (tertiary/aromatic N) is 4. The number of benzene rings is 4. The highest BCUT2D eigenvalue weighted by Gasteiger charge is 2.17. The van der Waals surface area contributed by atoms with E-state index < -0.39 is 0 Å². The van der Waals surface area contributed by atoms with Crippen LogP contribution < -0.4 is 10.1 Å². The van der Waals surface area contributed by atoms with Gasteiger partial charge in [0, 0.05) is 11.9 Å². The van der Waals surface area contributed by atoms with Gasteiger partial charge in [-0.25, -0.2) is 4.98 Å². The zero-order valence-electron chi connectivity index (χ0n) is 19.8. The Morgan fingerprint density at radius 1 is 0.778 bits per heavy atom. The molecular weight excluding hydrogens is 446 g/mol. The van der Waals surface area contributed by atoms with E-state index in [2.05, 4.69) is 40.6 Å². The number of rotatable bonds is 5. The largest absolute Gasteiger partial charge is 0.438 e. The van der Waals surface area contributed by atoms with Gasteiger partial charge < -0.3 is 10.1 Å². The van der Waals surface area contributed by atoms with Gasteiger partial charge in [-0.1, -0.05) is 42.5 Å². The van der Waals surface area contributed by atoms with Crippen molar-refractivity contribution in [2.75, 3.05) is 5.32 Å². The molecule has 4 aromatic carbocycles. The first-order valence-corrected chi connectivity index (χ1v) is 11.4. The molecule has 36 heavy (non-hydrogen) atoms. The summed E-state index contributed by atoms with van der Waals surface area (Å²) in [6, 6.07) is 29.2. The average molecular weight is 468 g/mol. The van der Waals surface area contributed by atoms with Gasteiger partial charge in [-0.05, 0) is 77.7 Å². The lowest BCUT2D eigenvalue weighted by atomic mass is 10.00. The van der Waals surface area contributed by atoms with Gasteiger partial charge in [0.15, 0.2) is 0 Å². The van der Waals surface area contributed by atoms with Crippen molar-refractivity contribution in [1.82, 2.24) is 9.97 Å². The second-order valence-electron chi connectivity index (χ2n) is 8.41. The summed E-state index contributed by atoms with van der Waals surface area (Å²) in [6.45, 7) is 3.83. The molecule has 0 aliphatic rings. The van der Waals surface area contributed by atoms with Crippen LogP contribution in [0.5, 0.6) is 11.6 Å².